The van der Waals surface area contributed by atoms with Crippen LogP contribution in [0.15, 0.2) is 40.9 Å². The van der Waals surface area contributed by atoms with Crippen LogP contribution in [0.1, 0.15) is 11.1 Å². The second-order valence-corrected chi connectivity index (χ2v) is 6.79. The van der Waals surface area contributed by atoms with E-state index in [9.17, 15) is 9.59 Å². The Balaban J connectivity index is 1.71. The maximum Gasteiger partial charge on any atom is 0.276 e. The molecule has 0 fully saturated rings. The number of hydrogen-bond acceptors (Lipinski definition) is 4. The maximum absolute atomic E-state index is 11.7. The first-order valence-corrected chi connectivity index (χ1v) is 8.88. The van der Waals surface area contributed by atoms with Crippen LogP contribution >= 0.6 is 27.5 Å². The molecule has 0 saturated heterocycles. The summed E-state index contributed by atoms with van der Waals surface area (Å²) in [5.41, 5.74) is 6.24. The normalized spacial score (nSPS) is 10.2. The van der Waals surface area contributed by atoms with Gasteiger partial charge in [0.2, 0.25) is 0 Å². The highest BCUT2D eigenvalue weighted by Crippen LogP contribution is 2.25. The van der Waals surface area contributed by atoms with E-state index in [0.29, 0.717) is 16.5 Å². The van der Waals surface area contributed by atoms with Crippen LogP contribution in [0.3, 0.4) is 0 Å². The zero-order valence-corrected chi connectivity index (χ0v) is 16.6. The summed E-state index contributed by atoms with van der Waals surface area (Å²) in [5, 5.41) is 0.667. The standard InChI is InChI=1S/C18H18BrClN2O4/c1-11-7-15(8-12(2)18(11)20)26-10-17(24)22-21-16(23)9-25-14-5-3-13(19)4-6-14/h3-8H,9-10H2,1-2H3,(H,21,23)(H,22,24). The number of nitrogens with one attached hydrogen (secondary N) is 2. The number of benzene rings is 2. The van der Waals surface area contributed by atoms with Crippen molar-refractivity contribution in [1.82, 2.24) is 10.9 Å². The van der Waals surface area contributed by atoms with E-state index < -0.39 is 11.8 Å². The number of carbonyl (C=O) groups is 2. The van der Waals surface area contributed by atoms with E-state index >= 15 is 0 Å². The Labute approximate surface area is 164 Å². The van der Waals surface area contributed by atoms with E-state index in [1.165, 1.54) is 0 Å². The molecule has 2 aromatic carbocycles. The summed E-state index contributed by atoms with van der Waals surface area (Å²) in [6, 6.07) is 10.5. The van der Waals surface area contributed by atoms with Crippen molar-refractivity contribution in [3.05, 3.63) is 57.0 Å². The van der Waals surface area contributed by atoms with Gasteiger partial charge in [-0.25, -0.2) is 0 Å². The molecule has 2 rings (SSSR count). The third-order valence-electron chi connectivity index (χ3n) is 3.30. The minimum absolute atomic E-state index is 0.224. The minimum atomic E-state index is -0.493. The number of hydrogen-bond donors (Lipinski definition) is 2. The molecule has 0 unspecified atom stereocenters. The zero-order chi connectivity index (χ0) is 19.1. The van der Waals surface area contributed by atoms with Gasteiger partial charge in [0.1, 0.15) is 11.5 Å². The average Bonchev–Trinajstić information content (AvgIpc) is 2.62. The van der Waals surface area contributed by atoms with Crippen molar-refractivity contribution in [3.8, 4) is 11.5 Å². The molecule has 0 radical (unpaired) electrons. The van der Waals surface area contributed by atoms with Gasteiger partial charge in [-0.2, -0.15) is 0 Å². The van der Waals surface area contributed by atoms with Gasteiger partial charge in [-0.15, -0.1) is 0 Å². The summed E-state index contributed by atoms with van der Waals surface area (Å²) in [6.45, 7) is 3.24. The van der Waals surface area contributed by atoms with Crippen molar-refractivity contribution in [3.63, 3.8) is 0 Å². The molecule has 2 aromatic rings. The molecule has 0 aromatic heterocycles. The lowest BCUT2D eigenvalue weighted by atomic mass is 10.1. The van der Waals surface area contributed by atoms with Crippen molar-refractivity contribution in [2.75, 3.05) is 13.2 Å². The Morgan fingerprint density at radius 1 is 0.923 bits per heavy atom. The quantitative estimate of drug-likeness (QED) is 0.674. The Morgan fingerprint density at radius 3 is 1.88 bits per heavy atom. The van der Waals surface area contributed by atoms with Crippen LogP contribution in [-0.4, -0.2) is 25.0 Å². The van der Waals surface area contributed by atoms with Gasteiger partial charge in [-0.05, 0) is 61.4 Å². The molecule has 0 spiro atoms. The number of carbonyl (C=O) groups excluding carboxylic acids is 2. The zero-order valence-electron chi connectivity index (χ0n) is 14.3. The predicted octanol–water partition coefficient (Wildman–Crippen LogP) is 3.32. The van der Waals surface area contributed by atoms with Crippen LogP contribution < -0.4 is 20.3 Å². The summed E-state index contributed by atoms with van der Waals surface area (Å²) >= 11 is 9.39. The summed E-state index contributed by atoms with van der Waals surface area (Å²) < 4.78 is 11.6. The van der Waals surface area contributed by atoms with Gasteiger partial charge in [-0.1, -0.05) is 27.5 Å². The third-order valence-corrected chi connectivity index (χ3v) is 4.43. The smallest absolute Gasteiger partial charge is 0.276 e. The summed E-state index contributed by atoms with van der Waals surface area (Å²) in [6.07, 6.45) is 0. The molecule has 8 heteroatoms. The van der Waals surface area contributed by atoms with Gasteiger partial charge in [0.05, 0.1) is 0 Å². The third kappa shape index (κ3) is 6.24. The van der Waals surface area contributed by atoms with Gasteiger partial charge in [0.25, 0.3) is 11.8 Å². The van der Waals surface area contributed by atoms with Gasteiger partial charge < -0.3 is 9.47 Å². The number of halogens is 2. The van der Waals surface area contributed by atoms with Crippen LogP contribution in [-0.2, 0) is 9.59 Å². The van der Waals surface area contributed by atoms with E-state index in [-0.39, 0.29) is 13.2 Å². The topological polar surface area (TPSA) is 76.7 Å². The monoisotopic (exact) mass is 440 g/mol. The predicted molar refractivity (Wildman–Crippen MR) is 102 cm³/mol. The second-order valence-electron chi connectivity index (χ2n) is 5.50. The van der Waals surface area contributed by atoms with E-state index in [0.717, 1.165) is 15.6 Å². The molecule has 0 aliphatic rings. The highest BCUT2D eigenvalue weighted by atomic mass is 79.9. The lowest BCUT2D eigenvalue weighted by Gasteiger charge is -2.11. The first-order chi connectivity index (χ1) is 12.3. The van der Waals surface area contributed by atoms with Crippen molar-refractivity contribution in [2.24, 2.45) is 0 Å². The maximum atomic E-state index is 11.7. The number of hydrazine groups is 1. The van der Waals surface area contributed by atoms with E-state index in [4.69, 9.17) is 21.1 Å². The van der Waals surface area contributed by atoms with Gasteiger partial charge in [-0.3, -0.25) is 20.4 Å². The van der Waals surface area contributed by atoms with Crippen molar-refractivity contribution < 1.29 is 19.1 Å². The lowest BCUT2D eigenvalue weighted by molar-refractivity contribution is -0.131. The minimum Gasteiger partial charge on any atom is -0.484 e. The molecule has 0 heterocycles. The average molecular weight is 442 g/mol. The van der Waals surface area contributed by atoms with Crippen LogP contribution in [0.25, 0.3) is 0 Å². The SMILES string of the molecule is Cc1cc(OCC(=O)NNC(=O)COc2ccc(Br)cc2)cc(C)c1Cl. The summed E-state index contributed by atoms with van der Waals surface area (Å²) in [7, 11) is 0. The fourth-order valence-corrected chi connectivity index (χ4v) is 2.40. The molecule has 2 N–H and O–H groups in total. The first-order valence-electron chi connectivity index (χ1n) is 7.70. The van der Waals surface area contributed by atoms with E-state index in [2.05, 4.69) is 26.8 Å². The summed E-state index contributed by atoms with van der Waals surface area (Å²) in [4.78, 5) is 23.4. The largest absolute Gasteiger partial charge is 0.484 e. The van der Waals surface area contributed by atoms with E-state index in [1.54, 1.807) is 36.4 Å². The molecule has 138 valence electrons. The van der Waals surface area contributed by atoms with Crippen LogP contribution in [0.4, 0.5) is 0 Å². The molecule has 0 saturated carbocycles. The van der Waals surface area contributed by atoms with Crippen molar-refractivity contribution >= 4 is 39.3 Å². The van der Waals surface area contributed by atoms with Crippen molar-refractivity contribution in [1.29, 1.82) is 0 Å². The fraction of sp³-hybridized carbons (Fsp3) is 0.222. The Hall–Kier alpha value is -2.25. The fourth-order valence-electron chi connectivity index (χ4n) is 2.03. The molecule has 0 bridgehead atoms. The molecule has 0 aliphatic carbocycles. The Kier molecular flexibility index (Phi) is 7.29. The molecular weight excluding hydrogens is 424 g/mol. The molecule has 6 nitrogen and oxygen atoms in total. The van der Waals surface area contributed by atoms with Gasteiger partial charge in [0, 0.05) is 9.50 Å². The molecule has 0 aliphatic heterocycles. The Morgan fingerprint density at radius 2 is 1.38 bits per heavy atom. The van der Waals surface area contributed by atoms with Gasteiger partial charge >= 0.3 is 0 Å². The molecule has 26 heavy (non-hydrogen) atoms. The van der Waals surface area contributed by atoms with Gasteiger partial charge in [0.15, 0.2) is 13.2 Å². The molecule has 0 atom stereocenters. The molecular formula is C18H18BrClN2O4. The highest BCUT2D eigenvalue weighted by molar-refractivity contribution is 9.10. The first kappa shape index (κ1) is 20.1. The summed E-state index contributed by atoms with van der Waals surface area (Å²) in [5.74, 6) is 0.0997. The Bertz CT molecular complexity index is 773. The lowest BCUT2D eigenvalue weighted by Crippen LogP contribution is -2.45. The number of amides is 2. The number of rotatable bonds is 6. The highest BCUT2D eigenvalue weighted by Gasteiger charge is 2.08. The van der Waals surface area contributed by atoms with E-state index in [1.807, 2.05) is 13.8 Å². The second kappa shape index (κ2) is 9.45. The van der Waals surface area contributed by atoms with Crippen LogP contribution in [0.2, 0.25) is 5.02 Å². The van der Waals surface area contributed by atoms with Crippen LogP contribution in [0, 0.1) is 13.8 Å². The number of ether oxygens (including phenoxy) is 2. The van der Waals surface area contributed by atoms with Crippen molar-refractivity contribution in [2.45, 2.75) is 13.8 Å². The number of aryl methyl sites for hydroxylation is 2. The molecule has 2 amide bonds. The van der Waals surface area contributed by atoms with Crippen LogP contribution in [0.5, 0.6) is 11.5 Å².